The van der Waals surface area contributed by atoms with E-state index in [1.165, 1.54) is 0 Å². The van der Waals surface area contributed by atoms with Crippen LogP contribution in [-0.4, -0.2) is 19.6 Å². The van der Waals surface area contributed by atoms with Crippen LogP contribution in [0.4, 0.5) is 13.2 Å². The van der Waals surface area contributed by atoms with Crippen molar-refractivity contribution in [2.45, 2.75) is 32.9 Å². The van der Waals surface area contributed by atoms with Crippen molar-refractivity contribution in [2.24, 2.45) is 0 Å². The van der Waals surface area contributed by atoms with Gasteiger partial charge >= 0.3 is 6.18 Å². The van der Waals surface area contributed by atoms with Crippen LogP contribution in [0.15, 0.2) is 18.2 Å². The molecule has 0 saturated carbocycles. The maximum atomic E-state index is 11.9. The molecule has 0 aliphatic rings. The van der Waals surface area contributed by atoms with E-state index in [0.29, 0.717) is 11.7 Å². The predicted molar refractivity (Wildman–Crippen MR) is 62.8 cm³/mol. The van der Waals surface area contributed by atoms with Gasteiger partial charge in [-0.25, -0.2) is 0 Å². The zero-order valence-electron chi connectivity index (χ0n) is 10.7. The smallest absolute Gasteiger partial charge is 0.411 e. The van der Waals surface area contributed by atoms with E-state index in [4.69, 9.17) is 4.74 Å². The van der Waals surface area contributed by atoms with E-state index in [0.717, 1.165) is 11.1 Å². The molecule has 2 nitrogen and oxygen atoms in total. The molecule has 1 aromatic carbocycles. The Hall–Kier alpha value is -1.23. The minimum absolute atomic E-state index is 0.337. The Kier molecular flexibility index (Phi) is 5.02. The maximum absolute atomic E-state index is 11.9. The van der Waals surface area contributed by atoms with Crippen molar-refractivity contribution in [3.63, 3.8) is 0 Å². The molecule has 0 aromatic heterocycles. The molecule has 0 unspecified atom stereocenters. The van der Waals surface area contributed by atoms with Gasteiger partial charge in [0.15, 0.2) is 6.79 Å². The topological polar surface area (TPSA) is 18.5 Å². The summed E-state index contributed by atoms with van der Waals surface area (Å²) < 4.78 is 45.2. The van der Waals surface area contributed by atoms with Crippen molar-refractivity contribution in [2.75, 3.05) is 13.4 Å². The molecule has 1 aromatic rings. The van der Waals surface area contributed by atoms with Gasteiger partial charge in [0.2, 0.25) is 0 Å². The predicted octanol–water partition coefficient (Wildman–Crippen LogP) is 4.03. The Morgan fingerprint density at radius 3 is 2.44 bits per heavy atom. The van der Waals surface area contributed by atoms with E-state index in [2.05, 4.69) is 4.74 Å². The molecular formula is C13H17F3O2. The second-order valence-electron chi connectivity index (χ2n) is 4.41. The first-order valence-corrected chi connectivity index (χ1v) is 5.67. The van der Waals surface area contributed by atoms with Crippen LogP contribution in [0.1, 0.15) is 30.9 Å². The summed E-state index contributed by atoms with van der Waals surface area (Å²) in [5, 5.41) is 0. The van der Waals surface area contributed by atoms with Crippen LogP contribution in [0, 0.1) is 6.92 Å². The van der Waals surface area contributed by atoms with Gasteiger partial charge in [-0.05, 0) is 30.0 Å². The molecule has 0 radical (unpaired) electrons. The first-order valence-electron chi connectivity index (χ1n) is 5.67. The fourth-order valence-electron chi connectivity index (χ4n) is 1.39. The summed E-state index contributed by atoms with van der Waals surface area (Å²) in [7, 11) is 0. The van der Waals surface area contributed by atoms with Crippen LogP contribution in [0.25, 0.3) is 0 Å². The summed E-state index contributed by atoms with van der Waals surface area (Å²) in [6.07, 6.45) is -4.32. The monoisotopic (exact) mass is 262 g/mol. The van der Waals surface area contributed by atoms with Crippen LogP contribution in [0.5, 0.6) is 5.75 Å². The van der Waals surface area contributed by atoms with Crippen LogP contribution in [-0.2, 0) is 4.74 Å². The van der Waals surface area contributed by atoms with Gasteiger partial charge in [-0.1, -0.05) is 26.0 Å². The molecule has 18 heavy (non-hydrogen) atoms. The molecule has 1 rings (SSSR count). The van der Waals surface area contributed by atoms with E-state index in [9.17, 15) is 13.2 Å². The number of hydrogen-bond donors (Lipinski definition) is 0. The lowest BCUT2D eigenvalue weighted by molar-refractivity contribution is -0.186. The average molecular weight is 262 g/mol. The van der Waals surface area contributed by atoms with Gasteiger partial charge in [0.1, 0.15) is 12.4 Å². The highest BCUT2D eigenvalue weighted by molar-refractivity contribution is 5.37. The number of rotatable bonds is 5. The van der Waals surface area contributed by atoms with Gasteiger partial charge in [0.25, 0.3) is 0 Å². The molecule has 0 fully saturated rings. The Bertz CT molecular complexity index is 386. The van der Waals surface area contributed by atoms with Crippen LogP contribution >= 0.6 is 0 Å². The van der Waals surface area contributed by atoms with Gasteiger partial charge in [-0.2, -0.15) is 13.2 Å². The molecule has 0 saturated heterocycles. The molecule has 0 aliphatic carbocycles. The fraction of sp³-hybridized carbons (Fsp3) is 0.538. The lowest BCUT2D eigenvalue weighted by atomic mass is 10.0. The highest BCUT2D eigenvalue weighted by Gasteiger charge is 2.27. The van der Waals surface area contributed by atoms with Crippen molar-refractivity contribution in [3.8, 4) is 5.75 Å². The zero-order valence-corrected chi connectivity index (χ0v) is 10.7. The van der Waals surface area contributed by atoms with Crippen molar-refractivity contribution in [1.29, 1.82) is 0 Å². The minimum Gasteiger partial charge on any atom is -0.467 e. The van der Waals surface area contributed by atoms with E-state index < -0.39 is 19.6 Å². The largest absolute Gasteiger partial charge is 0.467 e. The van der Waals surface area contributed by atoms with E-state index in [1.807, 2.05) is 39.0 Å². The summed E-state index contributed by atoms with van der Waals surface area (Å²) in [6, 6.07) is 5.69. The van der Waals surface area contributed by atoms with Crippen molar-refractivity contribution in [3.05, 3.63) is 29.3 Å². The highest BCUT2D eigenvalue weighted by Crippen LogP contribution is 2.24. The third kappa shape index (κ3) is 4.96. The van der Waals surface area contributed by atoms with E-state index in [-0.39, 0.29) is 0 Å². The summed E-state index contributed by atoms with van der Waals surface area (Å²) in [5.74, 6) is 0.896. The van der Waals surface area contributed by atoms with Crippen molar-refractivity contribution in [1.82, 2.24) is 0 Å². The molecule has 5 heteroatoms. The minimum atomic E-state index is -4.32. The van der Waals surface area contributed by atoms with Crippen molar-refractivity contribution >= 4 is 0 Å². The van der Waals surface area contributed by atoms with Gasteiger partial charge in [0.05, 0.1) is 0 Å². The van der Waals surface area contributed by atoms with Gasteiger partial charge in [-0.15, -0.1) is 0 Å². The van der Waals surface area contributed by atoms with Gasteiger partial charge in [0, 0.05) is 0 Å². The Labute approximate surface area is 105 Å². The van der Waals surface area contributed by atoms with Crippen LogP contribution in [0.2, 0.25) is 0 Å². The number of ether oxygens (including phenoxy) is 2. The Morgan fingerprint density at radius 1 is 1.22 bits per heavy atom. The van der Waals surface area contributed by atoms with Gasteiger partial charge < -0.3 is 9.47 Å². The molecule has 0 spiro atoms. The quantitative estimate of drug-likeness (QED) is 0.589. The number of halogens is 3. The van der Waals surface area contributed by atoms with Crippen LogP contribution < -0.4 is 4.74 Å². The summed E-state index contributed by atoms with van der Waals surface area (Å²) in [5.41, 5.74) is 1.95. The Morgan fingerprint density at radius 2 is 1.89 bits per heavy atom. The lowest BCUT2D eigenvalue weighted by Gasteiger charge is -2.13. The third-order valence-corrected chi connectivity index (χ3v) is 2.44. The fourth-order valence-corrected chi connectivity index (χ4v) is 1.39. The normalized spacial score (nSPS) is 11.9. The molecule has 0 heterocycles. The first-order chi connectivity index (χ1) is 8.29. The van der Waals surface area contributed by atoms with Crippen molar-refractivity contribution < 1.29 is 22.6 Å². The van der Waals surface area contributed by atoms with Gasteiger partial charge in [-0.3, -0.25) is 0 Å². The molecule has 102 valence electrons. The number of alkyl halides is 3. The summed E-state index contributed by atoms with van der Waals surface area (Å²) >= 11 is 0. The standard InChI is InChI=1S/C13H17F3O2/c1-9(2)11-5-4-10(3)12(6-11)18-8-17-7-13(14,15)16/h4-6,9H,7-8H2,1-3H3. The molecular weight excluding hydrogens is 245 g/mol. The highest BCUT2D eigenvalue weighted by atomic mass is 19.4. The molecule has 0 amide bonds. The number of aryl methyl sites for hydroxylation is 1. The molecule has 0 bridgehead atoms. The second kappa shape index (κ2) is 6.09. The van der Waals surface area contributed by atoms with E-state index in [1.54, 1.807) is 0 Å². The van der Waals surface area contributed by atoms with Crippen LogP contribution in [0.3, 0.4) is 0 Å². The Balaban J connectivity index is 2.54. The molecule has 0 N–H and O–H groups in total. The maximum Gasteiger partial charge on any atom is 0.411 e. The lowest BCUT2D eigenvalue weighted by Crippen LogP contribution is -2.19. The SMILES string of the molecule is Cc1ccc(C(C)C)cc1OCOCC(F)(F)F. The van der Waals surface area contributed by atoms with E-state index >= 15 is 0 Å². The summed E-state index contributed by atoms with van der Waals surface area (Å²) in [6.45, 7) is 4.21. The number of benzene rings is 1. The first kappa shape index (κ1) is 14.8. The molecule has 0 aliphatic heterocycles. The number of hydrogen-bond acceptors (Lipinski definition) is 2. The average Bonchev–Trinajstić information content (AvgIpc) is 2.24. The third-order valence-electron chi connectivity index (χ3n) is 2.44. The molecule has 0 atom stereocenters. The second-order valence-corrected chi connectivity index (χ2v) is 4.41. The summed E-state index contributed by atoms with van der Waals surface area (Å²) in [4.78, 5) is 0. The zero-order chi connectivity index (χ0) is 13.8.